The van der Waals surface area contributed by atoms with Gasteiger partial charge in [-0.3, -0.25) is 4.79 Å². The molecule has 0 amide bonds. The van der Waals surface area contributed by atoms with Crippen molar-refractivity contribution in [3.8, 4) is 0 Å². The van der Waals surface area contributed by atoms with Gasteiger partial charge in [-0.15, -0.1) is 0 Å². The van der Waals surface area contributed by atoms with Crippen LogP contribution in [-0.2, 0) is 16.0 Å². The smallest absolute Gasteiger partial charge is 0.343 e. The molecule has 27 heavy (non-hydrogen) atoms. The van der Waals surface area contributed by atoms with E-state index in [-0.39, 0.29) is 22.8 Å². The standard InChI is InChI=1S/C22H24ClNO3/c1-3-5-8-16-11-13-17(14-12-16)24-15-19(22(26)27-4-2)21(25)18-9-6-7-10-20(18)23/h6-7,9-15,24H,3-5,8H2,1-2H3. The Kier molecular flexibility index (Phi) is 8.08. The molecule has 1 N–H and O–H groups in total. The summed E-state index contributed by atoms with van der Waals surface area (Å²) in [5.41, 5.74) is 2.20. The number of benzene rings is 2. The average molecular weight is 386 g/mol. The molecular formula is C22H24ClNO3. The molecular weight excluding hydrogens is 362 g/mol. The number of hydrogen-bond acceptors (Lipinski definition) is 4. The molecule has 0 radical (unpaired) electrons. The van der Waals surface area contributed by atoms with Gasteiger partial charge in [0.25, 0.3) is 0 Å². The number of ketones is 1. The average Bonchev–Trinajstić information content (AvgIpc) is 2.68. The van der Waals surface area contributed by atoms with Crippen LogP contribution in [0.1, 0.15) is 42.6 Å². The van der Waals surface area contributed by atoms with Gasteiger partial charge in [0.05, 0.1) is 11.6 Å². The van der Waals surface area contributed by atoms with Crippen LogP contribution in [0.25, 0.3) is 0 Å². The zero-order valence-corrected chi connectivity index (χ0v) is 16.4. The first kappa shape index (κ1) is 20.7. The number of nitrogens with one attached hydrogen (secondary N) is 1. The fraction of sp³-hybridized carbons (Fsp3) is 0.273. The van der Waals surface area contributed by atoms with Gasteiger partial charge in [-0.1, -0.05) is 49.2 Å². The second-order valence-electron chi connectivity index (χ2n) is 6.03. The van der Waals surface area contributed by atoms with E-state index in [0.717, 1.165) is 24.9 Å². The van der Waals surface area contributed by atoms with Crippen LogP contribution in [0, 0.1) is 0 Å². The largest absolute Gasteiger partial charge is 0.462 e. The normalized spacial score (nSPS) is 11.1. The fourth-order valence-electron chi connectivity index (χ4n) is 2.52. The summed E-state index contributed by atoms with van der Waals surface area (Å²) >= 11 is 6.10. The summed E-state index contributed by atoms with van der Waals surface area (Å²) in [7, 11) is 0. The number of unbranched alkanes of at least 4 members (excludes halogenated alkanes) is 1. The monoisotopic (exact) mass is 385 g/mol. The third-order valence-electron chi connectivity index (χ3n) is 4.01. The van der Waals surface area contributed by atoms with Gasteiger partial charge in [0.1, 0.15) is 5.57 Å². The molecule has 0 heterocycles. The quantitative estimate of drug-likeness (QED) is 0.206. The summed E-state index contributed by atoms with van der Waals surface area (Å²) in [5.74, 6) is -1.17. The lowest BCUT2D eigenvalue weighted by Gasteiger charge is -2.09. The van der Waals surface area contributed by atoms with E-state index in [1.807, 2.05) is 24.3 Å². The number of Topliss-reactive ketones (excluding diaryl/α,β-unsaturated/α-hetero) is 1. The topological polar surface area (TPSA) is 55.4 Å². The van der Waals surface area contributed by atoms with Gasteiger partial charge in [0.2, 0.25) is 5.78 Å². The molecule has 0 spiro atoms. The molecule has 0 bridgehead atoms. The third kappa shape index (κ3) is 5.97. The Balaban J connectivity index is 2.22. The van der Waals surface area contributed by atoms with Gasteiger partial charge in [-0.05, 0) is 49.6 Å². The van der Waals surface area contributed by atoms with Crippen LogP contribution >= 0.6 is 11.6 Å². The van der Waals surface area contributed by atoms with Gasteiger partial charge in [-0.2, -0.15) is 0 Å². The van der Waals surface area contributed by atoms with Crippen LogP contribution in [-0.4, -0.2) is 18.4 Å². The first-order valence-electron chi connectivity index (χ1n) is 9.08. The highest BCUT2D eigenvalue weighted by Gasteiger charge is 2.22. The highest BCUT2D eigenvalue weighted by atomic mass is 35.5. The Hall–Kier alpha value is -2.59. The van der Waals surface area contributed by atoms with E-state index < -0.39 is 11.8 Å². The molecule has 0 aliphatic carbocycles. The molecule has 2 aromatic carbocycles. The van der Waals surface area contributed by atoms with E-state index in [9.17, 15) is 9.59 Å². The third-order valence-corrected chi connectivity index (χ3v) is 4.34. The number of hydrogen-bond donors (Lipinski definition) is 1. The summed E-state index contributed by atoms with van der Waals surface area (Å²) in [6.07, 6.45) is 4.71. The minimum absolute atomic E-state index is 0.0972. The molecule has 5 heteroatoms. The lowest BCUT2D eigenvalue weighted by atomic mass is 10.0. The van der Waals surface area contributed by atoms with Crippen molar-refractivity contribution in [2.45, 2.75) is 33.1 Å². The van der Waals surface area contributed by atoms with E-state index in [4.69, 9.17) is 16.3 Å². The number of ether oxygens (including phenoxy) is 1. The van der Waals surface area contributed by atoms with E-state index in [1.54, 1.807) is 31.2 Å². The Morgan fingerprint density at radius 1 is 1.07 bits per heavy atom. The lowest BCUT2D eigenvalue weighted by Crippen LogP contribution is -2.18. The molecule has 2 aromatic rings. The van der Waals surface area contributed by atoms with Crippen LogP contribution in [0.2, 0.25) is 5.02 Å². The van der Waals surface area contributed by atoms with Crippen LogP contribution in [0.4, 0.5) is 5.69 Å². The SMILES string of the molecule is CCCCc1ccc(NC=C(C(=O)OCC)C(=O)c2ccccc2Cl)cc1. The molecule has 0 aromatic heterocycles. The number of carbonyl (C=O) groups is 2. The van der Waals surface area contributed by atoms with E-state index >= 15 is 0 Å². The predicted octanol–water partition coefficient (Wildman–Crippen LogP) is 5.42. The first-order chi connectivity index (χ1) is 13.1. The van der Waals surface area contributed by atoms with Crippen LogP contribution < -0.4 is 5.32 Å². The van der Waals surface area contributed by atoms with Gasteiger partial charge in [0, 0.05) is 17.5 Å². The Morgan fingerprint density at radius 2 is 1.78 bits per heavy atom. The minimum Gasteiger partial charge on any atom is -0.462 e. The van der Waals surface area contributed by atoms with Crippen molar-refractivity contribution in [1.82, 2.24) is 0 Å². The number of halogens is 1. The van der Waals surface area contributed by atoms with Gasteiger partial charge < -0.3 is 10.1 Å². The lowest BCUT2D eigenvalue weighted by molar-refractivity contribution is -0.138. The number of aryl methyl sites for hydroxylation is 1. The Morgan fingerprint density at radius 3 is 2.41 bits per heavy atom. The molecule has 0 aliphatic heterocycles. The summed E-state index contributed by atoms with van der Waals surface area (Å²) in [6.45, 7) is 4.03. The van der Waals surface area contributed by atoms with Crippen LogP contribution in [0.15, 0.2) is 60.3 Å². The van der Waals surface area contributed by atoms with Crippen molar-refractivity contribution in [3.05, 3.63) is 76.5 Å². The van der Waals surface area contributed by atoms with Crippen LogP contribution in [0.5, 0.6) is 0 Å². The molecule has 4 nitrogen and oxygen atoms in total. The molecule has 0 aliphatic rings. The second kappa shape index (κ2) is 10.5. The van der Waals surface area contributed by atoms with Crippen LogP contribution in [0.3, 0.4) is 0 Å². The van der Waals surface area contributed by atoms with Crippen molar-refractivity contribution < 1.29 is 14.3 Å². The molecule has 142 valence electrons. The highest BCUT2D eigenvalue weighted by Crippen LogP contribution is 2.20. The molecule has 0 saturated heterocycles. The molecule has 0 fully saturated rings. The zero-order chi connectivity index (χ0) is 19.6. The Bertz CT molecular complexity index is 813. The molecule has 0 atom stereocenters. The fourth-order valence-corrected chi connectivity index (χ4v) is 2.74. The highest BCUT2D eigenvalue weighted by molar-refractivity contribution is 6.36. The van der Waals surface area contributed by atoms with E-state index in [1.165, 1.54) is 11.8 Å². The van der Waals surface area contributed by atoms with Crippen molar-refractivity contribution in [2.24, 2.45) is 0 Å². The minimum atomic E-state index is -0.686. The van der Waals surface area contributed by atoms with E-state index in [0.29, 0.717) is 0 Å². The molecule has 2 rings (SSSR count). The summed E-state index contributed by atoms with van der Waals surface area (Å²) in [4.78, 5) is 25.1. The number of rotatable bonds is 9. The van der Waals surface area contributed by atoms with Crippen molar-refractivity contribution in [1.29, 1.82) is 0 Å². The van der Waals surface area contributed by atoms with Gasteiger partial charge in [-0.25, -0.2) is 4.79 Å². The first-order valence-corrected chi connectivity index (χ1v) is 9.46. The maximum atomic E-state index is 12.8. The second-order valence-corrected chi connectivity index (χ2v) is 6.44. The number of carbonyl (C=O) groups excluding carboxylic acids is 2. The van der Waals surface area contributed by atoms with Crippen molar-refractivity contribution in [3.63, 3.8) is 0 Å². The maximum Gasteiger partial charge on any atom is 0.343 e. The van der Waals surface area contributed by atoms with Gasteiger partial charge in [0.15, 0.2) is 0 Å². The molecule has 0 saturated carbocycles. The van der Waals surface area contributed by atoms with E-state index in [2.05, 4.69) is 12.2 Å². The van der Waals surface area contributed by atoms with Crippen molar-refractivity contribution in [2.75, 3.05) is 11.9 Å². The summed E-state index contributed by atoms with van der Waals surface area (Å²) in [5, 5.41) is 3.30. The zero-order valence-electron chi connectivity index (χ0n) is 15.6. The number of esters is 1. The molecule has 0 unspecified atom stereocenters. The summed E-state index contributed by atoms with van der Waals surface area (Å²) < 4.78 is 5.03. The Labute approximate surface area is 165 Å². The predicted molar refractivity (Wildman–Crippen MR) is 109 cm³/mol. The summed E-state index contributed by atoms with van der Waals surface area (Å²) in [6, 6.07) is 14.5. The number of anilines is 1. The maximum absolute atomic E-state index is 12.8. The van der Waals surface area contributed by atoms with Gasteiger partial charge >= 0.3 is 5.97 Å². The van der Waals surface area contributed by atoms with Crippen molar-refractivity contribution >= 4 is 29.0 Å².